The van der Waals surface area contributed by atoms with Gasteiger partial charge in [-0.1, -0.05) is 17.3 Å². The monoisotopic (exact) mass is 373 g/mol. The summed E-state index contributed by atoms with van der Waals surface area (Å²) in [6, 6.07) is 6.28. The highest BCUT2D eigenvalue weighted by molar-refractivity contribution is 7.89. The predicted octanol–water partition coefficient (Wildman–Crippen LogP) is 2.16. The van der Waals surface area contributed by atoms with Crippen molar-refractivity contribution in [3.63, 3.8) is 0 Å². The second-order valence-electron chi connectivity index (χ2n) is 5.72. The van der Waals surface area contributed by atoms with Gasteiger partial charge >= 0.3 is 6.61 Å². The lowest BCUT2D eigenvalue weighted by Crippen LogP contribution is -2.22. The Kier molecular flexibility index (Phi) is 5.00. The van der Waals surface area contributed by atoms with Crippen molar-refractivity contribution in [1.82, 2.24) is 14.4 Å². The highest BCUT2D eigenvalue weighted by atomic mass is 32.2. The smallest absolute Gasteiger partial charge is 0.387 e. The largest absolute Gasteiger partial charge is 0.435 e. The number of hydrogen-bond donors (Lipinski definition) is 0. The first-order valence-corrected chi connectivity index (χ1v) is 9.18. The molecule has 0 bridgehead atoms. The van der Waals surface area contributed by atoms with Crippen LogP contribution in [0.4, 0.5) is 8.78 Å². The number of sulfonamides is 1. The van der Waals surface area contributed by atoms with Crippen LogP contribution in [0.1, 0.15) is 28.9 Å². The van der Waals surface area contributed by atoms with Crippen molar-refractivity contribution in [2.45, 2.75) is 31.1 Å². The number of aryl methyl sites for hydroxylation is 2. The standard InChI is InChI=1S/C15H17F2N3O4S/c1-20-9-8-12(25(20,21)22)14-18-13(19-24-14)7-4-10-2-5-11(6-3-10)23-15(16)17/h2-3,5-6,12,15H,4,7-9H2,1H3/t12-/m0/s1. The molecule has 1 aliphatic rings. The minimum atomic E-state index is -3.43. The number of nitrogens with zero attached hydrogens (tertiary/aromatic N) is 3. The molecule has 2 aromatic rings. The van der Waals surface area contributed by atoms with E-state index in [1.54, 1.807) is 12.1 Å². The molecule has 2 heterocycles. The molecule has 1 atom stereocenters. The van der Waals surface area contributed by atoms with E-state index in [1.807, 2.05) is 0 Å². The quantitative estimate of drug-likeness (QED) is 0.771. The lowest BCUT2D eigenvalue weighted by molar-refractivity contribution is -0.0498. The molecule has 0 aliphatic carbocycles. The summed E-state index contributed by atoms with van der Waals surface area (Å²) in [5.41, 5.74) is 0.890. The van der Waals surface area contributed by atoms with E-state index < -0.39 is 21.9 Å². The number of ether oxygens (including phenoxy) is 1. The average Bonchev–Trinajstić information content (AvgIpc) is 3.11. The number of hydrogen-bond acceptors (Lipinski definition) is 6. The minimum Gasteiger partial charge on any atom is -0.435 e. The SMILES string of the molecule is CN1CC[C@@H](c2nc(CCc3ccc(OC(F)F)cc3)no2)S1(=O)=O. The molecule has 10 heteroatoms. The topological polar surface area (TPSA) is 85.5 Å². The summed E-state index contributed by atoms with van der Waals surface area (Å²) in [6.45, 7) is -2.42. The molecule has 0 N–H and O–H groups in total. The first-order chi connectivity index (χ1) is 11.9. The van der Waals surface area contributed by atoms with Crippen LogP contribution >= 0.6 is 0 Å². The van der Waals surface area contributed by atoms with Crippen LogP contribution < -0.4 is 4.74 Å². The zero-order chi connectivity index (χ0) is 18.0. The van der Waals surface area contributed by atoms with Gasteiger partial charge < -0.3 is 9.26 Å². The molecule has 3 rings (SSSR count). The number of halogens is 2. The first kappa shape index (κ1) is 17.7. The highest BCUT2D eigenvalue weighted by Gasteiger charge is 2.41. The zero-order valence-corrected chi connectivity index (χ0v) is 14.2. The molecule has 0 radical (unpaired) electrons. The van der Waals surface area contributed by atoms with Crippen molar-refractivity contribution in [3.8, 4) is 5.75 Å². The van der Waals surface area contributed by atoms with Crippen molar-refractivity contribution >= 4 is 10.0 Å². The molecule has 0 unspecified atom stereocenters. The zero-order valence-electron chi connectivity index (χ0n) is 13.4. The van der Waals surface area contributed by atoms with Crippen LogP contribution in [0.5, 0.6) is 5.75 Å². The van der Waals surface area contributed by atoms with Crippen molar-refractivity contribution in [2.75, 3.05) is 13.6 Å². The van der Waals surface area contributed by atoms with E-state index >= 15 is 0 Å². The van der Waals surface area contributed by atoms with E-state index in [-0.39, 0.29) is 11.6 Å². The molecule has 1 aliphatic heterocycles. The van der Waals surface area contributed by atoms with Gasteiger partial charge in [-0.25, -0.2) is 12.7 Å². The molecule has 25 heavy (non-hydrogen) atoms. The molecular formula is C15H17F2N3O4S. The Balaban J connectivity index is 1.61. The van der Waals surface area contributed by atoms with Crippen molar-refractivity contribution in [2.24, 2.45) is 0 Å². The number of aromatic nitrogens is 2. The first-order valence-electron chi connectivity index (χ1n) is 7.67. The Labute approximate surface area is 143 Å². The molecule has 1 fully saturated rings. The summed E-state index contributed by atoms with van der Waals surface area (Å²) in [5.74, 6) is 0.615. The van der Waals surface area contributed by atoms with Gasteiger partial charge in [0.2, 0.25) is 15.9 Å². The van der Waals surface area contributed by atoms with Gasteiger partial charge in [0.05, 0.1) is 0 Å². The second kappa shape index (κ2) is 7.04. The van der Waals surface area contributed by atoms with Crippen molar-refractivity contribution in [3.05, 3.63) is 41.5 Å². The van der Waals surface area contributed by atoms with Crippen LogP contribution in [-0.2, 0) is 22.9 Å². The van der Waals surface area contributed by atoms with E-state index in [9.17, 15) is 17.2 Å². The molecule has 1 saturated heterocycles. The Morgan fingerprint density at radius 1 is 1.32 bits per heavy atom. The maximum atomic E-state index is 12.1. The molecule has 0 spiro atoms. The van der Waals surface area contributed by atoms with Crippen LogP contribution in [-0.4, -0.2) is 43.1 Å². The summed E-state index contributed by atoms with van der Waals surface area (Å²) >= 11 is 0. The van der Waals surface area contributed by atoms with Gasteiger partial charge in [-0.2, -0.15) is 13.8 Å². The maximum Gasteiger partial charge on any atom is 0.387 e. The Bertz CT molecular complexity index is 824. The van der Waals surface area contributed by atoms with Gasteiger partial charge in [-0.3, -0.25) is 0 Å². The predicted molar refractivity (Wildman–Crippen MR) is 83.7 cm³/mol. The average molecular weight is 373 g/mol. The van der Waals surface area contributed by atoms with Gasteiger partial charge in [-0.15, -0.1) is 0 Å². The number of benzene rings is 1. The van der Waals surface area contributed by atoms with Crippen LogP contribution in [0.2, 0.25) is 0 Å². The summed E-state index contributed by atoms with van der Waals surface area (Å²) in [5, 5.41) is 3.04. The molecule has 1 aromatic heterocycles. The van der Waals surface area contributed by atoms with E-state index in [2.05, 4.69) is 14.9 Å². The Morgan fingerprint density at radius 2 is 2.04 bits per heavy atom. The normalized spacial score (nSPS) is 20.2. The van der Waals surface area contributed by atoms with Gasteiger partial charge in [0, 0.05) is 20.0 Å². The summed E-state index contributed by atoms with van der Waals surface area (Å²) in [6.07, 6.45) is 1.43. The van der Waals surface area contributed by atoms with Crippen molar-refractivity contribution < 1.29 is 26.5 Å². The number of alkyl halides is 2. The molecule has 136 valence electrons. The molecular weight excluding hydrogens is 356 g/mol. The fourth-order valence-electron chi connectivity index (χ4n) is 2.64. The molecule has 0 saturated carbocycles. The third-order valence-electron chi connectivity index (χ3n) is 4.05. The number of rotatable bonds is 6. The minimum absolute atomic E-state index is 0.0937. The second-order valence-corrected chi connectivity index (χ2v) is 7.94. The van der Waals surface area contributed by atoms with Gasteiger partial charge in [0.25, 0.3) is 0 Å². The van der Waals surface area contributed by atoms with Crippen LogP contribution in [0.3, 0.4) is 0 Å². The third-order valence-corrected chi connectivity index (χ3v) is 6.25. The molecule has 1 aromatic carbocycles. The Morgan fingerprint density at radius 3 is 2.64 bits per heavy atom. The van der Waals surface area contributed by atoms with Gasteiger partial charge in [0.15, 0.2) is 11.1 Å². The van der Waals surface area contributed by atoms with Gasteiger partial charge in [-0.05, 0) is 30.5 Å². The lowest BCUT2D eigenvalue weighted by Gasteiger charge is -2.08. The van der Waals surface area contributed by atoms with Crippen LogP contribution in [0, 0.1) is 0 Å². The maximum absolute atomic E-state index is 12.1. The van der Waals surface area contributed by atoms with Crippen molar-refractivity contribution in [1.29, 1.82) is 0 Å². The lowest BCUT2D eigenvalue weighted by atomic mass is 10.1. The summed E-state index contributed by atoms with van der Waals surface area (Å²) in [7, 11) is -1.90. The van der Waals surface area contributed by atoms with E-state index in [4.69, 9.17) is 4.52 Å². The fraction of sp³-hybridized carbons (Fsp3) is 0.467. The van der Waals surface area contributed by atoms with E-state index in [0.717, 1.165) is 5.56 Å². The summed E-state index contributed by atoms with van der Waals surface area (Å²) in [4.78, 5) is 4.19. The molecule has 0 amide bonds. The highest BCUT2D eigenvalue weighted by Crippen LogP contribution is 2.33. The van der Waals surface area contributed by atoms with Crippen LogP contribution in [0.15, 0.2) is 28.8 Å². The summed E-state index contributed by atoms with van der Waals surface area (Å²) < 4.78 is 59.1. The molecule has 7 nitrogen and oxygen atoms in total. The Hall–Kier alpha value is -2.07. The van der Waals surface area contributed by atoms with E-state index in [1.165, 1.54) is 23.5 Å². The van der Waals surface area contributed by atoms with E-state index in [0.29, 0.717) is 31.6 Å². The van der Waals surface area contributed by atoms with Crippen LogP contribution in [0.25, 0.3) is 0 Å². The fourth-order valence-corrected chi connectivity index (χ4v) is 4.18. The third kappa shape index (κ3) is 3.96. The van der Waals surface area contributed by atoms with Gasteiger partial charge in [0.1, 0.15) is 5.75 Å².